The zero-order valence-corrected chi connectivity index (χ0v) is 18.2. The van der Waals surface area contributed by atoms with Crippen molar-refractivity contribution in [1.82, 2.24) is 0 Å². The minimum Gasteiger partial charge on any atom is -0.508 e. The van der Waals surface area contributed by atoms with Crippen molar-refractivity contribution >= 4 is 42.5 Å². The Balaban J connectivity index is 1.84. The highest BCUT2D eigenvalue weighted by Gasteiger charge is 2.37. The first-order chi connectivity index (χ1) is 13.6. The molecule has 3 aromatic rings. The highest BCUT2D eigenvalue weighted by molar-refractivity contribution is 7.18. The summed E-state index contributed by atoms with van der Waals surface area (Å²) in [4.78, 5) is 0. The van der Waals surface area contributed by atoms with Gasteiger partial charge in [-0.1, -0.05) is 35.6 Å². The van der Waals surface area contributed by atoms with Gasteiger partial charge in [-0.25, -0.2) is 0 Å². The van der Waals surface area contributed by atoms with Crippen LogP contribution in [0.1, 0.15) is 17.0 Å². The second-order valence-corrected chi connectivity index (χ2v) is 10.5. The van der Waals surface area contributed by atoms with E-state index in [2.05, 4.69) is 41.0 Å². The van der Waals surface area contributed by atoms with E-state index in [0.717, 1.165) is 24.6 Å². The Morgan fingerprint density at radius 1 is 0.964 bits per heavy atom. The molecule has 0 aliphatic rings. The van der Waals surface area contributed by atoms with E-state index < -0.39 is 8.80 Å². The average molecular weight is 417 g/mol. The summed E-state index contributed by atoms with van der Waals surface area (Å²) in [6, 6.07) is 16.4. The zero-order valence-electron chi connectivity index (χ0n) is 16.4. The van der Waals surface area contributed by atoms with Crippen LogP contribution >= 0.6 is 11.3 Å². The van der Waals surface area contributed by atoms with Gasteiger partial charge in [-0.3, -0.25) is 0 Å². The van der Waals surface area contributed by atoms with Gasteiger partial charge in [0, 0.05) is 45.9 Å². The molecule has 0 aliphatic heterocycles. The average Bonchev–Trinajstić information content (AvgIpc) is 3.09. The fraction of sp³-hybridized carbons (Fsp3) is 0.286. The van der Waals surface area contributed by atoms with E-state index in [0.29, 0.717) is 0 Å². The van der Waals surface area contributed by atoms with Crippen molar-refractivity contribution < 1.29 is 23.0 Å². The van der Waals surface area contributed by atoms with Gasteiger partial charge >= 0.3 is 8.80 Å². The van der Waals surface area contributed by atoms with Crippen molar-refractivity contribution in [2.75, 3.05) is 21.3 Å². The molecular weight excluding hydrogens is 390 g/mol. The number of hydrogen-bond acceptors (Lipinski definition) is 5. The maximum absolute atomic E-state index is 9.45. The van der Waals surface area contributed by atoms with Crippen LogP contribution in [0.15, 0.2) is 48.5 Å². The Bertz CT molecular complexity index is 927. The second-order valence-electron chi connectivity index (χ2n) is 6.38. The Morgan fingerprint density at radius 3 is 2.32 bits per heavy atom. The van der Waals surface area contributed by atoms with Crippen molar-refractivity contribution in [3.63, 3.8) is 0 Å². The van der Waals surface area contributed by atoms with Gasteiger partial charge in [0.25, 0.3) is 5.01 Å². The lowest BCUT2D eigenvalue weighted by atomic mass is 10.2. The first-order valence-corrected chi connectivity index (χ1v) is 11.9. The molecule has 7 heteroatoms. The number of para-hydroxylation sites is 1. The van der Waals surface area contributed by atoms with E-state index in [9.17, 15) is 5.11 Å². The summed E-state index contributed by atoms with van der Waals surface area (Å²) in [5.41, 5.74) is 2.27. The number of phenols is 1. The van der Waals surface area contributed by atoms with Crippen molar-refractivity contribution in [3.05, 3.63) is 59.1 Å². The molecule has 0 radical (unpaired) electrons. The summed E-state index contributed by atoms with van der Waals surface area (Å²) < 4.78 is 20.2. The van der Waals surface area contributed by atoms with E-state index in [1.54, 1.807) is 44.8 Å². The molecule has 2 aromatic carbocycles. The molecule has 3 rings (SSSR count). The largest absolute Gasteiger partial charge is 0.508 e. The van der Waals surface area contributed by atoms with Gasteiger partial charge in [0.2, 0.25) is 5.52 Å². The maximum atomic E-state index is 9.45. The van der Waals surface area contributed by atoms with Crippen LogP contribution in [0.5, 0.6) is 5.75 Å². The molecule has 0 bridgehead atoms. The first kappa shape index (κ1) is 20.7. The van der Waals surface area contributed by atoms with E-state index in [4.69, 9.17) is 13.3 Å². The van der Waals surface area contributed by atoms with E-state index in [-0.39, 0.29) is 5.75 Å². The van der Waals surface area contributed by atoms with Crippen LogP contribution in [0.4, 0.5) is 0 Å². The van der Waals surface area contributed by atoms with Gasteiger partial charge in [0.05, 0.1) is 0 Å². The third-order valence-corrected chi connectivity index (χ3v) is 8.71. The molecule has 1 N–H and O–H groups in total. The van der Waals surface area contributed by atoms with Gasteiger partial charge in [-0.2, -0.15) is 4.57 Å². The van der Waals surface area contributed by atoms with Gasteiger partial charge in [-0.05, 0) is 29.8 Å². The van der Waals surface area contributed by atoms with Crippen LogP contribution in [0.3, 0.4) is 0 Å². The van der Waals surface area contributed by atoms with Crippen molar-refractivity contribution in [2.24, 2.45) is 0 Å². The normalized spacial score (nSPS) is 12.2. The van der Waals surface area contributed by atoms with E-state index in [1.807, 2.05) is 12.1 Å². The topological polar surface area (TPSA) is 51.8 Å². The van der Waals surface area contributed by atoms with E-state index >= 15 is 0 Å². The van der Waals surface area contributed by atoms with Gasteiger partial charge in [0.1, 0.15) is 10.4 Å². The molecule has 0 spiro atoms. The number of thiazole rings is 1. The third kappa shape index (κ3) is 4.68. The predicted molar refractivity (Wildman–Crippen MR) is 115 cm³/mol. The predicted octanol–water partition coefficient (Wildman–Crippen LogP) is 4.33. The lowest BCUT2D eigenvalue weighted by molar-refractivity contribution is -0.668. The number of rotatable bonds is 9. The molecule has 1 aromatic heterocycles. The number of aromatic nitrogens is 1. The van der Waals surface area contributed by atoms with Crippen LogP contribution in [0.25, 0.3) is 22.4 Å². The minimum atomic E-state index is -2.56. The number of fused-ring (bicyclic) bond motifs is 1. The zero-order chi connectivity index (χ0) is 20.0. The van der Waals surface area contributed by atoms with Crippen molar-refractivity contribution in [1.29, 1.82) is 0 Å². The highest BCUT2D eigenvalue weighted by atomic mass is 32.1. The molecule has 1 heterocycles. The number of hydrogen-bond donors (Lipinski definition) is 1. The quantitative estimate of drug-likeness (QED) is 0.417. The number of benzene rings is 2. The molecule has 0 unspecified atom stereocenters. The lowest BCUT2D eigenvalue weighted by Gasteiger charge is -2.23. The van der Waals surface area contributed by atoms with Crippen LogP contribution in [-0.2, 0) is 19.8 Å². The van der Waals surface area contributed by atoms with Crippen LogP contribution in [0, 0.1) is 0 Å². The monoisotopic (exact) mass is 416 g/mol. The summed E-state index contributed by atoms with van der Waals surface area (Å²) in [6.07, 6.45) is 5.09. The van der Waals surface area contributed by atoms with Gasteiger partial charge in [0.15, 0.2) is 6.54 Å². The maximum Gasteiger partial charge on any atom is 0.500 e. The first-order valence-electron chi connectivity index (χ1n) is 9.15. The van der Waals surface area contributed by atoms with Crippen molar-refractivity contribution in [3.8, 4) is 5.75 Å². The van der Waals surface area contributed by atoms with E-state index in [1.165, 1.54) is 15.2 Å². The van der Waals surface area contributed by atoms with Gasteiger partial charge in [-0.15, -0.1) is 0 Å². The Kier molecular flexibility index (Phi) is 6.98. The highest BCUT2D eigenvalue weighted by Crippen LogP contribution is 2.23. The summed E-state index contributed by atoms with van der Waals surface area (Å²) >= 11 is 1.77. The summed E-state index contributed by atoms with van der Waals surface area (Å²) in [7, 11) is 2.39. The Labute approximate surface area is 170 Å². The molecule has 5 nitrogen and oxygen atoms in total. The minimum absolute atomic E-state index is 0.274. The molecule has 0 saturated carbocycles. The number of aryl methyl sites for hydroxylation is 1. The number of phenolic OH excluding ortho intramolecular Hbond substituents is 1. The summed E-state index contributed by atoms with van der Waals surface area (Å²) in [5.74, 6) is 0.274. The molecular formula is C21H26NO4SSi+. The standard InChI is InChI=1S/C21H25NO4SSi/c1-24-28(25-2,26-3)16-6-15-22-19-7-4-5-8-20(19)27-21(22)14-11-17-9-12-18(23)13-10-17/h4-5,7-14H,6,15-16H2,1-3H3/p+1. The molecule has 0 fully saturated rings. The van der Waals surface area contributed by atoms with Crippen LogP contribution < -0.4 is 4.57 Å². The Morgan fingerprint density at radius 2 is 1.64 bits per heavy atom. The molecule has 0 aliphatic carbocycles. The lowest BCUT2D eigenvalue weighted by Crippen LogP contribution is -2.44. The van der Waals surface area contributed by atoms with Crippen LogP contribution in [0.2, 0.25) is 6.04 Å². The SMILES string of the molecule is CO[Si](CCC[n+]1c(/C=C/c2ccc(O)cc2)sc2ccccc21)(OC)OC. The third-order valence-electron chi connectivity index (χ3n) is 4.75. The Hall–Kier alpha value is -2.03. The molecule has 0 amide bonds. The fourth-order valence-corrected chi connectivity index (χ4v) is 5.96. The van der Waals surface area contributed by atoms with Gasteiger partial charge < -0.3 is 18.4 Å². The second kappa shape index (κ2) is 9.44. The molecule has 0 saturated heterocycles. The number of aromatic hydroxyl groups is 1. The fourth-order valence-electron chi connectivity index (χ4n) is 3.17. The van der Waals surface area contributed by atoms with Crippen LogP contribution in [-0.4, -0.2) is 35.2 Å². The smallest absolute Gasteiger partial charge is 0.500 e. The summed E-state index contributed by atoms with van der Waals surface area (Å²) in [5, 5.41) is 10.6. The molecule has 148 valence electrons. The molecule has 0 atom stereocenters. The number of nitrogens with zero attached hydrogens (tertiary/aromatic N) is 1. The summed E-state index contributed by atoms with van der Waals surface area (Å²) in [6.45, 7) is 0.851. The van der Waals surface area contributed by atoms with Crippen molar-refractivity contribution in [2.45, 2.75) is 19.0 Å². The molecule has 28 heavy (non-hydrogen) atoms.